The minimum Gasteiger partial charge on any atom is -0.307 e. The van der Waals surface area contributed by atoms with Crippen LogP contribution in [0, 0.1) is 6.92 Å². The van der Waals surface area contributed by atoms with Crippen LogP contribution in [-0.4, -0.2) is 9.97 Å². The highest BCUT2D eigenvalue weighted by Crippen LogP contribution is 2.10. The maximum Gasteiger partial charge on any atom is 0.0926 e. The van der Waals surface area contributed by atoms with Crippen molar-refractivity contribution < 1.29 is 0 Å². The molecule has 0 fully saturated rings. The van der Waals surface area contributed by atoms with Crippen molar-refractivity contribution >= 4 is 11.3 Å². The van der Waals surface area contributed by atoms with Crippen molar-refractivity contribution in [3.8, 4) is 0 Å². The Morgan fingerprint density at radius 2 is 2.24 bits per heavy atom. The van der Waals surface area contributed by atoms with E-state index in [0.29, 0.717) is 0 Å². The predicted molar refractivity (Wildman–Crippen MR) is 71.0 cm³/mol. The minimum atomic E-state index is 0.824. The van der Waals surface area contributed by atoms with Crippen LogP contribution in [0.15, 0.2) is 23.8 Å². The van der Waals surface area contributed by atoms with Gasteiger partial charge in [0.05, 0.1) is 10.7 Å². The molecule has 0 aliphatic rings. The van der Waals surface area contributed by atoms with Gasteiger partial charge in [0, 0.05) is 30.9 Å². The fourth-order valence-electron chi connectivity index (χ4n) is 1.60. The topological polar surface area (TPSA) is 37.8 Å². The summed E-state index contributed by atoms with van der Waals surface area (Å²) in [5, 5.41) is 6.74. The predicted octanol–water partition coefficient (Wildman–Crippen LogP) is 2.70. The van der Waals surface area contributed by atoms with Gasteiger partial charge in [-0.15, -0.1) is 11.3 Å². The molecule has 0 aliphatic carbocycles. The summed E-state index contributed by atoms with van der Waals surface area (Å²) in [4.78, 5) is 8.66. The number of thiazole rings is 1. The molecule has 0 saturated carbocycles. The molecule has 0 bridgehead atoms. The molecule has 2 heterocycles. The Labute approximate surface area is 106 Å². The van der Waals surface area contributed by atoms with Crippen LogP contribution < -0.4 is 5.32 Å². The first-order valence-electron chi connectivity index (χ1n) is 5.83. The number of pyridine rings is 1. The molecule has 2 rings (SSSR count). The molecular formula is C13H17N3S. The molecule has 0 aromatic carbocycles. The second-order valence-electron chi connectivity index (χ2n) is 3.99. The zero-order valence-corrected chi connectivity index (χ0v) is 11.0. The molecule has 0 radical (unpaired) electrons. The lowest BCUT2D eigenvalue weighted by atomic mass is 10.1. The number of nitrogens with zero attached hydrogens (tertiary/aromatic N) is 2. The van der Waals surface area contributed by atoms with E-state index >= 15 is 0 Å². The Kier molecular flexibility index (Phi) is 4.23. The smallest absolute Gasteiger partial charge is 0.0926 e. The van der Waals surface area contributed by atoms with Crippen molar-refractivity contribution in [1.29, 1.82) is 0 Å². The molecule has 0 spiro atoms. The molecule has 0 amide bonds. The monoisotopic (exact) mass is 247 g/mol. The Morgan fingerprint density at radius 3 is 2.94 bits per heavy atom. The van der Waals surface area contributed by atoms with Crippen molar-refractivity contribution in [2.24, 2.45) is 0 Å². The standard InChI is InChI=1S/C13H17N3S/c1-3-13-16-12(9-17-13)8-15-7-11-6-14-5-4-10(11)2/h4-6,9,15H,3,7-8H2,1-2H3. The zero-order valence-electron chi connectivity index (χ0n) is 10.2. The fourth-order valence-corrected chi connectivity index (χ4v) is 2.34. The van der Waals surface area contributed by atoms with Crippen LogP contribution in [0.5, 0.6) is 0 Å². The van der Waals surface area contributed by atoms with Crippen LogP contribution in [0.2, 0.25) is 0 Å². The maximum absolute atomic E-state index is 4.52. The van der Waals surface area contributed by atoms with Crippen LogP contribution in [0.25, 0.3) is 0 Å². The molecule has 90 valence electrons. The van der Waals surface area contributed by atoms with E-state index in [2.05, 4.69) is 34.5 Å². The zero-order chi connectivity index (χ0) is 12.1. The van der Waals surface area contributed by atoms with Gasteiger partial charge in [0.2, 0.25) is 0 Å². The van der Waals surface area contributed by atoms with Crippen LogP contribution >= 0.6 is 11.3 Å². The van der Waals surface area contributed by atoms with Gasteiger partial charge in [-0.05, 0) is 30.5 Å². The normalized spacial score (nSPS) is 10.7. The first-order valence-corrected chi connectivity index (χ1v) is 6.71. The molecule has 2 aromatic rings. The quantitative estimate of drug-likeness (QED) is 0.882. The van der Waals surface area contributed by atoms with Gasteiger partial charge in [-0.2, -0.15) is 0 Å². The van der Waals surface area contributed by atoms with Gasteiger partial charge in [0.15, 0.2) is 0 Å². The summed E-state index contributed by atoms with van der Waals surface area (Å²) in [7, 11) is 0. The third kappa shape index (κ3) is 3.35. The Bertz CT molecular complexity index is 479. The van der Waals surface area contributed by atoms with E-state index in [4.69, 9.17) is 0 Å². The highest BCUT2D eigenvalue weighted by atomic mass is 32.1. The van der Waals surface area contributed by atoms with E-state index in [1.54, 1.807) is 11.3 Å². The number of aryl methyl sites for hydroxylation is 2. The second-order valence-corrected chi connectivity index (χ2v) is 4.93. The number of hydrogen-bond acceptors (Lipinski definition) is 4. The van der Waals surface area contributed by atoms with E-state index in [1.165, 1.54) is 16.1 Å². The van der Waals surface area contributed by atoms with Crippen molar-refractivity contribution in [3.63, 3.8) is 0 Å². The summed E-state index contributed by atoms with van der Waals surface area (Å²) < 4.78 is 0. The summed E-state index contributed by atoms with van der Waals surface area (Å²) in [6.45, 7) is 5.91. The van der Waals surface area contributed by atoms with E-state index in [0.717, 1.165) is 25.2 Å². The van der Waals surface area contributed by atoms with Gasteiger partial charge in [0.25, 0.3) is 0 Å². The van der Waals surface area contributed by atoms with Crippen molar-refractivity contribution in [3.05, 3.63) is 45.7 Å². The van der Waals surface area contributed by atoms with Gasteiger partial charge >= 0.3 is 0 Å². The van der Waals surface area contributed by atoms with Crippen molar-refractivity contribution in [2.75, 3.05) is 0 Å². The number of rotatable bonds is 5. The first kappa shape index (κ1) is 12.2. The average Bonchev–Trinajstić information content (AvgIpc) is 2.80. The Hall–Kier alpha value is -1.26. The van der Waals surface area contributed by atoms with Gasteiger partial charge in [0.1, 0.15) is 0 Å². The number of aromatic nitrogens is 2. The molecule has 0 atom stereocenters. The third-order valence-corrected chi connectivity index (χ3v) is 3.71. The molecule has 0 aliphatic heterocycles. The molecule has 1 N–H and O–H groups in total. The lowest BCUT2D eigenvalue weighted by Crippen LogP contribution is -2.14. The lowest BCUT2D eigenvalue weighted by molar-refractivity contribution is 0.676. The van der Waals surface area contributed by atoms with Crippen LogP contribution in [-0.2, 0) is 19.5 Å². The summed E-state index contributed by atoms with van der Waals surface area (Å²) >= 11 is 1.74. The Balaban J connectivity index is 1.85. The summed E-state index contributed by atoms with van der Waals surface area (Å²) in [6, 6.07) is 2.04. The van der Waals surface area contributed by atoms with Crippen molar-refractivity contribution in [1.82, 2.24) is 15.3 Å². The molecule has 17 heavy (non-hydrogen) atoms. The molecule has 3 nitrogen and oxygen atoms in total. The van der Waals surface area contributed by atoms with Gasteiger partial charge in [-0.1, -0.05) is 6.92 Å². The molecule has 0 unspecified atom stereocenters. The number of hydrogen-bond donors (Lipinski definition) is 1. The van der Waals surface area contributed by atoms with Crippen LogP contribution in [0.3, 0.4) is 0 Å². The average molecular weight is 247 g/mol. The summed E-state index contributed by atoms with van der Waals surface area (Å²) in [6.07, 6.45) is 4.76. The summed E-state index contributed by atoms with van der Waals surface area (Å²) in [5.74, 6) is 0. The van der Waals surface area contributed by atoms with Crippen LogP contribution in [0.1, 0.15) is 28.8 Å². The van der Waals surface area contributed by atoms with Crippen molar-refractivity contribution in [2.45, 2.75) is 33.4 Å². The van der Waals surface area contributed by atoms with E-state index in [-0.39, 0.29) is 0 Å². The van der Waals surface area contributed by atoms with Gasteiger partial charge in [-0.25, -0.2) is 4.98 Å². The highest BCUT2D eigenvalue weighted by Gasteiger charge is 2.01. The van der Waals surface area contributed by atoms with Gasteiger partial charge < -0.3 is 5.32 Å². The fraction of sp³-hybridized carbons (Fsp3) is 0.385. The van der Waals surface area contributed by atoms with Crippen LogP contribution in [0.4, 0.5) is 0 Å². The highest BCUT2D eigenvalue weighted by molar-refractivity contribution is 7.09. The second kappa shape index (κ2) is 5.89. The Morgan fingerprint density at radius 1 is 1.35 bits per heavy atom. The molecular weight excluding hydrogens is 230 g/mol. The molecule has 0 saturated heterocycles. The van der Waals surface area contributed by atoms with E-state index < -0.39 is 0 Å². The van der Waals surface area contributed by atoms with Gasteiger partial charge in [-0.3, -0.25) is 4.98 Å². The minimum absolute atomic E-state index is 0.824. The first-order chi connectivity index (χ1) is 8.29. The maximum atomic E-state index is 4.52. The summed E-state index contributed by atoms with van der Waals surface area (Å²) in [5.41, 5.74) is 3.66. The van der Waals surface area contributed by atoms with E-state index in [1.807, 2.05) is 18.5 Å². The molecule has 2 aromatic heterocycles. The SMILES string of the molecule is CCc1nc(CNCc2cnccc2C)cs1. The number of nitrogens with one attached hydrogen (secondary N) is 1. The molecule has 4 heteroatoms. The van der Waals surface area contributed by atoms with E-state index in [9.17, 15) is 0 Å². The lowest BCUT2D eigenvalue weighted by Gasteiger charge is -2.05. The third-order valence-electron chi connectivity index (χ3n) is 2.67. The largest absolute Gasteiger partial charge is 0.307 e.